The van der Waals surface area contributed by atoms with Gasteiger partial charge in [-0.3, -0.25) is 0 Å². The molecule has 0 spiro atoms. The first-order valence-corrected chi connectivity index (χ1v) is 18.9. The molecule has 8 aromatic carbocycles. The lowest BCUT2D eigenvalue weighted by atomic mass is 9.81. The molecule has 1 aromatic heterocycles. The number of benzene rings is 8. The van der Waals surface area contributed by atoms with E-state index in [1.54, 1.807) is 0 Å². The first-order chi connectivity index (χ1) is 27.0. The molecule has 3 nitrogen and oxygen atoms in total. The van der Waals surface area contributed by atoms with Gasteiger partial charge in [0.25, 0.3) is 0 Å². The highest BCUT2D eigenvalue weighted by Gasteiger charge is 2.35. The molecule has 1 heterocycles. The van der Waals surface area contributed by atoms with E-state index >= 15 is 0 Å². The van der Waals surface area contributed by atoms with Crippen molar-refractivity contribution in [3.05, 3.63) is 199 Å². The predicted octanol–water partition coefficient (Wildman–Crippen LogP) is 13.3. The van der Waals surface area contributed by atoms with Crippen molar-refractivity contribution in [3.8, 4) is 78.7 Å². The van der Waals surface area contributed by atoms with Gasteiger partial charge in [-0.1, -0.05) is 190 Å². The number of nitrogens with zero attached hydrogens (tertiary/aromatic N) is 3. The van der Waals surface area contributed by atoms with Gasteiger partial charge in [-0.05, 0) is 78.5 Å². The summed E-state index contributed by atoms with van der Waals surface area (Å²) < 4.78 is 0. The number of rotatable bonds is 6. The van der Waals surface area contributed by atoms with Crippen LogP contribution in [0.1, 0.15) is 25.0 Å². The molecule has 3 heteroatoms. The second-order valence-electron chi connectivity index (χ2n) is 14.9. The predicted molar refractivity (Wildman–Crippen MR) is 228 cm³/mol. The SMILES string of the molecule is CC1(C)c2ccccc2-c2ccc(-c3ccc4cccc(-c5nc(-c6ccc(-c7ccccc7)cc6)nc(-c6ccc(-c7ccccc7)cc6)n5)c4c3)cc21. The van der Waals surface area contributed by atoms with E-state index in [2.05, 4.69) is 190 Å². The van der Waals surface area contributed by atoms with Crippen molar-refractivity contribution in [2.45, 2.75) is 19.3 Å². The quantitative estimate of drug-likeness (QED) is 0.173. The lowest BCUT2D eigenvalue weighted by Gasteiger charge is -2.22. The zero-order chi connectivity index (χ0) is 36.9. The summed E-state index contributed by atoms with van der Waals surface area (Å²) in [6.07, 6.45) is 0. The third-order valence-electron chi connectivity index (χ3n) is 11.2. The second-order valence-corrected chi connectivity index (χ2v) is 14.9. The van der Waals surface area contributed by atoms with Crippen LogP contribution in [0.2, 0.25) is 0 Å². The van der Waals surface area contributed by atoms with E-state index in [0.717, 1.165) is 44.2 Å². The average Bonchev–Trinajstić information content (AvgIpc) is 3.49. The van der Waals surface area contributed by atoms with Crippen LogP contribution in [-0.4, -0.2) is 15.0 Å². The second kappa shape index (κ2) is 13.2. The normalized spacial score (nSPS) is 12.7. The largest absolute Gasteiger partial charge is 0.208 e. The summed E-state index contributed by atoms with van der Waals surface area (Å²) in [6, 6.07) is 66.8. The highest BCUT2D eigenvalue weighted by atomic mass is 15.0. The maximum absolute atomic E-state index is 5.19. The Bertz CT molecular complexity index is 2760. The third-order valence-corrected chi connectivity index (χ3v) is 11.2. The fourth-order valence-electron chi connectivity index (χ4n) is 8.17. The Balaban J connectivity index is 1.09. The Morgan fingerprint density at radius 1 is 0.309 bits per heavy atom. The summed E-state index contributed by atoms with van der Waals surface area (Å²) in [5, 5.41) is 2.24. The smallest absolute Gasteiger partial charge is 0.164 e. The summed E-state index contributed by atoms with van der Waals surface area (Å²) in [4.78, 5) is 15.5. The molecule has 55 heavy (non-hydrogen) atoms. The van der Waals surface area contributed by atoms with Gasteiger partial charge in [0.15, 0.2) is 17.5 Å². The Labute approximate surface area is 321 Å². The van der Waals surface area contributed by atoms with Crippen LogP contribution in [0, 0.1) is 0 Å². The molecule has 0 N–H and O–H groups in total. The van der Waals surface area contributed by atoms with Crippen molar-refractivity contribution >= 4 is 10.8 Å². The van der Waals surface area contributed by atoms with E-state index in [1.807, 2.05) is 12.1 Å². The molecule has 1 aliphatic carbocycles. The standard InChI is InChI=1S/C52H37N3/c1-52(2)47-19-10-9-17-43(47)44-31-30-42(33-48(44)52)41-29-24-38-16-11-18-45(46(38)32-41)51-54-49(39-25-20-36(21-26-39)34-12-5-3-6-13-34)53-50(55-51)40-27-22-37(23-28-40)35-14-7-4-8-15-35/h3-33H,1-2H3. The maximum atomic E-state index is 5.19. The summed E-state index contributed by atoms with van der Waals surface area (Å²) in [7, 11) is 0. The Kier molecular flexibility index (Phi) is 7.81. The van der Waals surface area contributed by atoms with E-state index in [1.165, 1.54) is 38.9 Å². The zero-order valence-corrected chi connectivity index (χ0v) is 30.7. The van der Waals surface area contributed by atoms with Crippen LogP contribution in [0.5, 0.6) is 0 Å². The Morgan fingerprint density at radius 3 is 1.40 bits per heavy atom. The van der Waals surface area contributed by atoms with E-state index in [4.69, 9.17) is 15.0 Å². The van der Waals surface area contributed by atoms with Gasteiger partial charge in [-0.15, -0.1) is 0 Å². The first-order valence-electron chi connectivity index (χ1n) is 18.9. The van der Waals surface area contributed by atoms with Crippen LogP contribution >= 0.6 is 0 Å². The van der Waals surface area contributed by atoms with Gasteiger partial charge < -0.3 is 0 Å². The van der Waals surface area contributed by atoms with Crippen LogP contribution in [0.3, 0.4) is 0 Å². The van der Waals surface area contributed by atoms with Crippen molar-refractivity contribution in [2.75, 3.05) is 0 Å². The molecule has 0 amide bonds. The van der Waals surface area contributed by atoms with Gasteiger partial charge in [0.1, 0.15) is 0 Å². The average molecular weight is 704 g/mol. The Morgan fingerprint density at radius 2 is 0.764 bits per heavy atom. The van der Waals surface area contributed by atoms with Gasteiger partial charge in [-0.25, -0.2) is 15.0 Å². The molecule has 1 aliphatic rings. The molecule has 0 radical (unpaired) electrons. The summed E-state index contributed by atoms with van der Waals surface area (Å²) in [5.74, 6) is 1.92. The molecule has 0 atom stereocenters. The number of fused-ring (bicyclic) bond motifs is 4. The van der Waals surface area contributed by atoms with Crippen LogP contribution in [0.25, 0.3) is 89.4 Å². The number of hydrogen-bond donors (Lipinski definition) is 0. The molecule has 9 aromatic rings. The lowest BCUT2D eigenvalue weighted by Crippen LogP contribution is -2.14. The van der Waals surface area contributed by atoms with Crippen LogP contribution < -0.4 is 0 Å². The van der Waals surface area contributed by atoms with Crippen molar-refractivity contribution in [2.24, 2.45) is 0 Å². The van der Waals surface area contributed by atoms with Gasteiger partial charge in [0, 0.05) is 22.1 Å². The summed E-state index contributed by atoms with van der Waals surface area (Å²) in [5.41, 5.74) is 15.2. The first kappa shape index (κ1) is 32.7. The molecular formula is C52H37N3. The van der Waals surface area contributed by atoms with E-state index in [0.29, 0.717) is 17.5 Å². The zero-order valence-electron chi connectivity index (χ0n) is 30.7. The fraction of sp³-hybridized carbons (Fsp3) is 0.0577. The van der Waals surface area contributed by atoms with Gasteiger partial charge in [-0.2, -0.15) is 0 Å². The van der Waals surface area contributed by atoms with Crippen molar-refractivity contribution in [1.82, 2.24) is 15.0 Å². The minimum atomic E-state index is -0.0692. The van der Waals surface area contributed by atoms with Crippen molar-refractivity contribution in [1.29, 1.82) is 0 Å². The molecular weight excluding hydrogens is 667 g/mol. The van der Waals surface area contributed by atoms with E-state index < -0.39 is 0 Å². The molecule has 0 fully saturated rings. The molecule has 0 saturated heterocycles. The fourth-order valence-corrected chi connectivity index (χ4v) is 8.17. The monoisotopic (exact) mass is 703 g/mol. The van der Waals surface area contributed by atoms with Gasteiger partial charge in [0.2, 0.25) is 0 Å². The number of aromatic nitrogens is 3. The minimum Gasteiger partial charge on any atom is -0.208 e. The topological polar surface area (TPSA) is 38.7 Å². The summed E-state index contributed by atoms with van der Waals surface area (Å²) in [6.45, 7) is 4.67. The Hall–Kier alpha value is -6.97. The van der Waals surface area contributed by atoms with Crippen LogP contribution in [0.4, 0.5) is 0 Å². The van der Waals surface area contributed by atoms with E-state index in [9.17, 15) is 0 Å². The van der Waals surface area contributed by atoms with Crippen molar-refractivity contribution in [3.63, 3.8) is 0 Å². The molecule has 0 aliphatic heterocycles. The highest BCUT2D eigenvalue weighted by molar-refractivity contribution is 5.98. The highest BCUT2D eigenvalue weighted by Crippen LogP contribution is 2.49. The minimum absolute atomic E-state index is 0.0692. The molecule has 0 bridgehead atoms. The van der Waals surface area contributed by atoms with Gasteiger partial charge >= 0.3 is 0 Å². The number of hydrogen-bond acceptors (Lipinski definition) is 3. The molecule has 0 saturated carbocycles. The van der Waals surface area contributed by atoms with Crippen molar-refractivity contribution < 1.29 is 0 Å². The molecule has 10 rings (SSSR count). The summed E-state index contributed by atoms with van der Waals surface area (Å²) >= 11 is 0. The van der Waals surface area contributed by atoms with Gasteiger partial charge in [0.05, 0.1) is 0 Å². The van der Waals surface area contributed by atoms with E-state index in [-0.39, 0.29) is 5.41 Å². The van der Waals surface area contributed by atoms with Crippen LogP contribution in [-0.2, 0) is 5.41 Å². The maximum Gasteiger partial charge on any atom is 0.164 e. The molecule has 0 unspecified atom stereocenters. The molecule has 260 valence electrons. The van der Waals surface area contributed by atoms with Crippen LogP contribution in [0.15, 0.2) is 188 Å². The third kappa shape index (κ3) is 5.82. The lowest BCUT2D eigenvalue weighted by molar-refractivity contribution is 0.660.